The topological polar surface area (TPSA) is 15.3 Å². The second-order valence-electron chi connectivity index (χ2n) is 1.22. The minimum absolute atomic E-state index is 0.910. The van der Waals surface area contributed by atoms with Gasteiger partial charge in [0.1, 0.15) is 0 Å². The molecule has 0 aliphatic heterocycles. The van der Waals surface area contributed by atoms with Crippen molar-refractivity contribution in [2.75, 3.05) is 20.0 Å². The number of hydrogen-bond acceptors (Lipinski definition) is 3. The van der Waals surface area contributed by atoms with Gasteiger partial charge in [0, 0.05) is 16.1 Å². The van der Waals surface area contributed by atoms with Crippen LogP contribution < -0.4 is 4.34 Å². The molecule has 0 unspecified atom stereocenters. The van der Waals surface area contributed by atoms with Crippen molar-refractivity contribution in [3.63, 3.8) is 0 Å². The Bertz CT molecular complexity index is 41.9. The minimum Gasteiger partial charge on any atom is -0.256 e. The zero-order valence-electron chi connectivity index (χ0n) is 4.44. The third-order valence-corrected chi connectivity index (χ3v) is 1.82. The maximum absolute atomic E-state index is 3.08. The van der Waals surface area contributed by atoms with Crippen molar-refractivity contribution < 1.29 is 0 Å². The Morgan fingerprint density at radius 1 is 1.71 bits per heavy atom. The number of hydrogen-bond donors (Lipinski definition) is 1. The average molecular weight is 185 g/mol. The average Bonchev–Trinajstić information content (AvgIpc) is 1.61. The number of halogens is 1. The van der Waals surface area contributed by atoms with Crippen LogP contribution in [0.2, 0.25) is 0 Å². The van der Waals surface area contributed by atoms with Gasteiger partial charge in [0.25, 0.3) is 0 Å². The molecule has 0 aromatic heterocycles. The molecule has 0 saturated heterocycles. The van der Waals surface area contributed by atoms with E-state index in [-0.39, 0.29) is 0 Å². The molecule has 0 atom stereocenters. The number of nitrogens with one attached hydrogen (secondary N) is 1. The molecule has 0 aromatic rings. The monoisotopic (exact) mass is 184 g/mol. The Hall–Kier alpha value is 0.750. The summed E-state index contributed by atoms with van der Waals surface area (Å²) in [5.41, 5.74) is 0. The quantitative estimate of drug-likeness (QED) is 0.402. The molecule has 0 fully saturated rings. The highest BCUT2D eigenvalue weighted by Crippen LogP contribution is 1.98. The van der Waals surface area contributed by atoms with Gasteiger partial charge in [-0.25, -0.2) is 4.34 Å². The summed E-state index contributed by atoms with van der Waals surface area (Å²) in [4.78, 5) is 0. The summed E-state index contributed by atoms with van der Waals surface area (Å²) in [6.45, 7) is 0. The van der Waals surface area contributed by atoms with Gasteiger partial charge in [-0.1, -0.05) is 11.9 Å². The van der Waals surface area contributed by atoms with Gasteiger partial charge in [-0.15, -0.1) is 0 Å². The fraction of sp³-hybridized carbons (Fsp3) is 1.00. The molecular formula is C3H9BrN2S. The third kappa shape index (κ3) is 6.75. The van der Waals surface area contributed by atoms with E-state index in [1.165, 1.54) is 0 Å². The van der Waals surface area contributed by atoms with E-state index in [0.29, 0.717) is 0 Å². The molecule has 0 rings (SSSR count). The molecule has 0 bridgehead atoms. The van der Waals surface area contributed by atoms with Crippen LogP contribution in [0.5, 0.6) is 0 Å². The zero-order chi connectivity index (χ0) is 5.70. The van der Waals surface area contributed by atoms with Gasteiger partial charge in [-0.2, -0.15) is 0 Å². The van der Waals surface area contributed by atoms with Gasteiger partial charge >= 0.3 is 0 Å². The van der Waals surface area contributed by atoms with Gasteiger partial charge < -0.3 is 0 Å². The minimum atomic E-state index is 0.910. The molecule has 0 heterocycles. The van der Waals surface area contributed by atoms with Gasteiger partial charge in [0.15, 0.2) is 0 Å². The van der Waals surface area contributed by atoms with Crippen molar-refractivity contribution in [1.29, 1.82) is 0 Å². The van der Waals surface area contributed by atoms with Crippen molar-refractivity contribution in [2.24, 2.45) is 0 Å². The van der Waals surface area contributed by atoms with Crippen molar-refractivity contribution in [3.8, 4) is 0 Å². The van der Waals surface area contributed by atoms with E-state index in [0.717, 1.165) is 5.88 Å². The lowest BCUT2D eigenvalue weighted by Crippen LogP contribution is -2.05. The highest BCUT2D eigenvalue weighted by atomic mass is 79.9. The highest BCUT2D eigenvalue weighted by molar-refractivity contribution is 9.08. The lowest BCUT2D eigenvalue weighted by Gasteiger charge is -2.04. The largest absolute Gasteiger partial charge is 0.256 e. The maximum atomic E-state index is 3.08. The van der Waals surface area contributed by atoms with Crippen molar-refractivity contribution in [3.05, 3.63) is 0 Å². The molecule has 0 radical (unpaired) electrons. The molecule has 2 nitrogen and oxygen atoms in total. The lowest BCUT2D eigenvalue weighted by molar-refractivity contribution is 0.702. The molecule has 0 aliphatic rings. The van der Waals surface area contributed by atoms with E-state index in [1.54, 1.807) is 11.9 Å². The van der Waals surface area contributed by atoms with E-state index in [2.05, 4.69) is 20.5 Å². The third-order valence-electron chi connectivity index (χ3n) is 0.377. The lowest BCUT2D eigenvalue weighted by atomic mass is 11.3. The Labute approximate surface area is 57.1 Å². The molecule has 4 heteroatoms. The molecule has 0 aromatic carbocycles. The molecule has 0 amide bonds. The summed E-state index contributed by atoms with van der Waals surface area (Å²) in [5.74, 6) is 0.910. The SMILES string of the molecule is CN(C)SCNBr. The Morgan fingerprint density at radius 3 is 2.43 bits per heavy atom. The van der Waals surface area contributed by atoms with Crippen LogP contribution in [0, 0.1) is 0 Å². The van der Waals surface area contributed by atoms with Crippen molar-refractivity contribution >= 4 is 28.1 Å². The first-order chi connectivity index (χ1) is 3.27. The van der Waals surface area contributed by atoms with Crippen LogP contribution >= 0.6 is 28.1 Å². The zero-order valence-corrected chi connectivity index (χ0v) is 6.84. The fourth-order valence-electron chi connectivity index (χ4n) is 0.153. The molecule has 0 aliphatic carbocycles. The van der Waals surface area contributed by atoms with E-state index in [4.69, 9.17) is 0 Å². The molecule has 0 spiro atoms. The molecule has 1 N–H and O–H groups in total. The Kier molecular flexibility index (Phi) is 5.42. The molecule has 7 heavy (non-hydrogen) atoms. The summed E-state index contributed by atoms with van der Waals surface area (Å²) >= 11 is 4.79. The van der Waals surface area contributed by atoms with Gasteiger partial charge in [0.2, 0.25) is 0 Å². The molecule has 44 valence electrons. The predicted octanol–water partition coefficient (Wildman–Crippen LogP) is 1.05. The summed E-state index contributed by atoms with van der Waals surface area (Å²) in [6.07, 6.45) is 0. The number of rotatable bonds is 3. The van der Waals surface area contributed by atoms with Crippen molar-refractivity contribution in [2.45, 2.75) is 0 Å². The van der Waals surface area contributed by atoms with Crippen LogP contribution in [0.1, 0.15) is 0 Å². The molecule has 0 saturated carbocycles. The van der Waals surface area contributed by atoms with Crippen LogP contribution in [-0.4, -0.2) is 24.3 Å². The smallest absolute Gasteiger partial charge is 0.0666 e. The van der Waals surface area contributed by atoms with Crippen LogP contribution in [-0.2, 0) is 0 Å². The highest BCUT2D eigenvalue weighted by Gasteiger charge is 1.84. The Morgan fingerprint density at radius 2 is 2.29 bits per heavy atom. The Balaban J connectivity index is 2.68. The maximum Gasteiger partial charge on any atom is 0.0666 e. The summed E-state index contributed by atoms with van der Waals surface area (Å²) in [6, 6.07) is 0. The summed E-state index contributed by atoms with van der Waals surface area (Å²) in [7, 11) is 4.02. The summed E-state index contributed by atoms with van der Waals surface area (Å²) < 4.78 is 4.87. The first-order valence-electron chi connectivity index (χ1n) is 1.91. The standard InChI is InChI=1S/C3H9BrN2S/c1-6(2)7-3-5-4/h5H,3H2,1-2H3. The first kappa shape index (κ1) is 7.75. The number of nitrogens with zero attached hydrogens (tertiary/aromatic N) is 1. The normalized spacial score (nSPS) is 10.3. The van der Waals surface area contributed by atoms with Gasteiger partial charge in [-0.3, -0.25) is 4.31 Å². The van der Waals surface area contributed by atoms with Crippen molar-refractivity contribution in [1.82, 2.24) is 8.65 Å². The van der Waals surface area contributed by atoms with E-state index in [9.17, 15) is 0 Å². The fourth-order valence-corrected chi connectivity index (χ4v) is 0.768. The van der Waals surface area contributed by atoms with E-state index in [1.807, 2.05) is 18.4 Å². The predicted molar refractivity (Wildman–Crippen MR) is 38.2 cm³/mol. The second kappa shape index (κ2) is 4.90. The van der Waals surface area contributed by atoms with Crippen LogP contribution in [0.15, 0.2) is 0 Å². The van der Waals surface area contributed by atoms with E-state index >= 15 is 0 Å². The van der Waals surface area contributed by atoms with Crippen LogP contribution in [0.4, 0.5) is 0 Å². The van der Waals surface area contributed by atoms with Crippen LogP contribution in [0.25, 0.3) is 0 Å². The second-order valence-corrected chi connectivity index (χ2v) is 3.06. The first-order valence-corrected chi connectivity index (χ1v) is 3.64. The van der Waals surface area contributed by atoms with Gasteiger partial charge in [0.05, 0.1) is 5.88 Å². The molecular weight excluding hydrogens is 176 g/mol. The summed E-state index contributed by atoms with van der Waals surface area (Å²) in [5, 5.41) is 0. The van der Waals surface area contributed by atoms with E-state index < -0.39 is 0 Å². The van der Waals surface area contributed by atoms with Gasteiger partial charge in [-0.05, 0) is 14.1 Å². The van der Waals surface area contributed by atoms with Crippen LogP contribution in [0.3, 0.4) is 0 Å².